The van der Waals surface area contributed by atoms with Crippen molar-refractivity contribution in [3.8, 4) is 0 Å². The van der Waals surface area contributed by atoms with Crippen molar-refractivity contribution in [2.24, 2.45) is 23.5 Å². The molecule has 3 heteroatoms. The number of hydrogen-bond donors (Lipinski definition) is 2. The highest BCUT2D eigenvalue weighted by Gasteiger charge is 2.29. The molecule has 0 aromatic carbocycles. The average Bonchev–Trinajstić information content (AvgIpc) is 2.23. The van der Waals surface area contributed by atoms with Crippen LogP contribution in [-0.2, 0) is 4.79 Å². The Balaban J connectivity index is 2.44. The zero-order valence-electron chi connectivity index (χ0n) is 11.7. The lowest BCUT2D eigenvalue weighted by Crippen LogP contribution is -2.50. The summed E-state index contributed by atoms with van der Waals surface area (Å²) in [5.74, 6) is 1.78. The van der Waals surface area contributed by atoms with Crippen LogP contribution in [0.4, 0.5) is 0 Å². The minimum atomic E-state index is -0.348. The molecule has 0 bridgehead atoms. The molecule has 1 amide bonds. The molecule has 0 radical (unpaired) electrons. The van der Waals surface area contributed by atoms with E-state index in [1.807, 2.05) is 0 Å². The Morgan fingerprint density at radius 3 is 2.59 bits per heavy atom. The van der Waals surface area contributed by atoms with Gasteiger partial charge in [-0.3, -0.25) is 4.79 Å². The molecule has 17 heavy (non-hydrogen) atoms. The summed E-state index contributed by atoms with van der Waals surface area (Å²) in [6.07, 6.45) is 4.37. The fourth-order valence-corrected chi connectivity index (χ4v) is 2.69. The molecule has 0 aromatic heterocycles. The second-order valence-electron chi connectivity index (χ2n) is 6.12. The van der Waals surface area contributed by atoms with Gasteiger partial charge in [-0.05, 0) is 30.6 Å². The maximum Gasteiger partial charge on any atom is 0.237 e. The molecule has 1 aliphatic rings. The van der Waals surface area contributed by atoms with Gasteiger partial charge in [0.05, 0.1) is 6.04 Å². The van der Waals surface area contributed by atoms with Crippen molar-refractivity contribution in [1.82, 2.24) is 5.32 Å². The van der Waals surface area contributed by atoms with Crippen molar-refractivity contribution < 1.29 is 4.79 Å². The average molecular weight is 240 g/mol. The third kappa shape index (κ3) is 4.30. The number of rotatable bonds is 4. The molecule has 1 rings (SSSR count). The van der Waals surface area contributed by atoms with Crippen LogP contribution in [0.25, 0.3) is 0 Å². The van der Waals surface area contributed by atoms with Crippen LogP contribution in [0.1, 0.15) is 53.4 Å². The molecular formula is C14H28N2O. The fraction of sp³-hybridized carbons (Fsp3) is 0.929. The van der Waals surface area contributed by atoms with Gasteiger partial charge in [0.25, 0.3) is 0 Å². The minimum absolute atomic E-state index is 0.0321. The quantitative estimate of drug-likeness (QED) is 0.792. The summed E-state index contributed by atoms with van der Waals surface area (Å²) in [6.45, 7) is 8.71. The Labute approximate surface area is 106 Å². The van der Waals surface area contributed by atoms with Crippen LogP contribution in [0, 0.1) is 17.8 Å². The minimum Gasteiger partial charge on any atom is -0.352 e. The molecule has 3 N–H and O–H groups in total. The van der Waals surface area contributed by atoms with Gasteiger partial charge in [0, 0.05) is 6.04 Å². The second-order valence-corrected chi connectivity index (χ2v) is 6.12. The SMILES string of the molecule is CC(C)C[C@H](N)C(=O)NC1CCCC(C)C1C. The molecule has 4 atom stereocenters. The van der Waals surface area contributed by atoms with E-state index in [-0.39, 0.29) is 11.9 Å². The lowest BCUT2D eigenvalue weighted by molar-refractivity contribution is -0.124. The first-order valence-corrected chi connectivity index (χ1v) is 6.97. The number of hydrogen-bond acceptors (Lipinski definition) is 2. The highest BCUT2D eigenvalue weighted by Crippen LogP contribution is 2.29. The van der Waals surface area contributed by atoms with E-state index in [4.69, 9.17) is 5.73 Å². The van der Waals surface area contributed by atoms with Crippen LogP contribution in [0.15, 0.2) is 0 Å². The van der Waals surface area contributed by atoms with E-state index in [1.165, 1.54) is 12.8 Å². The standard InChI is InChI=1S/C14H28N2O/c1-9(2)8-12(15)14(17)16-13-7-5-6-10(3)11(13)4/h9-13H,5-8,15H2,1-4H3,(H,16,17)/t10?,11?,12-,13?/m0/s1. The summed E-state index contributed by atoms with van der Waals surface area (Å²) >= 11 is 0. The highest BCUT2D eigenvalue weighted by molar-refractivity contribution is 5.81. The Hall–Kier alpha value is -0.570. The van der Waals surface area contributed by atoms with E-state index in [2.05, 4.69) is 33.0 Å². The van der Waals surface area contributed by atoms with Crippen LogP contribution < -0.4 is 11.1 Å². The van der Waals surface area contributed by atoms with Gasteiger partial charge in [-0.15, -0.1) is 0 Å². The van der Waals surface area contributed by atoms with Gasteiger partial charge in [0.1, 0.15) is 0 Å². The molecular weight excluding hydrogens is 212 g/mol. The zero-order valence-corrected chi connectivity index (χ0v) is 11.7. The molecule has 0 saturated heterocycles. The first kappa shape index (κ1) is 14.5. The van der Waals surface area contributed by atoms with Crippen molar-refractivity contribution in [2.75, 3.05) is 0 Å². The van der Waals surface area contributed by atoms with E-state index in [1.54, 1.807) is 0 Å². The summed E-state index contributed by atoms with van der Waals surface area (Å²) in [7, 11) is 0. The van der Waals surface area contributed by atoms with Crippen molar-refractivity contribution in [3.05, 3.63) is 0 Å². The van der Waals surface area contributed by atoms with Gasteiger partial charge in [-0.1, -0.05) is 40.5 Å². The van der Waals surface area contributed by atoms with Crippen molar-refractivity contribution in [3.63, 3.8) is 0 Å². The summed E-state index contributed by atoms with van der Waals surface area (Å²) in [4.78, 5) is 12.0. The first-order valence-electron chi connectivity index (χ1n) is 6.97. The Bertz CT molecular complexity index is 253. The molecule has 1 aliphatic carbocycles. The van der Waals surface area contributed by atoms with E-state index in [0.29, 0.717) is 23.8 Å². The fourth-order valence-electron chi connectivity index (χ4n) is 2.69. The maximum absolute atomic E-state index is 12.0. The third-order valence-electron chi connectivity index (χ3n) is 4.10. The number of nitrogens with two attached hydrogens (primary N) is 1. The molecule has 0 aliphatic heterocycles. The third-order valence-corrected chi connectivity index (χ3v) is 4.10. The van der Waals surface area contributed by atoms with Crippen LogP contribution in [0.2, 0.25) is 0 Å². The van der Waals surface area contributed by atoms with E-state index < -0.39 is 0 Å². The van der Waals surface area contributed by atoms with Crippen molar-refractivity contribution in [2.45, 2.75) is 65.5 Å². The lowest BCUT2D eigenvalue weighted by atomic mass is 9.78. The molecule has 3 nitrogen and oxygen atoms in total. The molecule has 3 unspecified atom stereocenters. The van der Waals surface area contributed by atoms with E-state index in [9.17, 15) is 4.79 Å². The predicted molar refractivity (Wildman–Crippen MR) is 71.5 cm³/mol. The summed E-state index contributed by atoms with van der Waals surface area (Å²) < 4.78 is 0. The van der Waals surface area contributed by atoms with E-state index in [0.717, 1.165) is 12.8 Å². The highest BCUT2D eigenvalue weighted by atomic mass is 16.2. The Morgan fingerprint density at radius 2 is 2.00 bits per heavy atom. The van der Waals surface area contributed by atoms with Gasteiger partial charge in [0.15, 0.2) is 0 Å². The van der Waals surface area contributed by atoms with Crippen LogP contribution in [-0.4, -0.2) is 18.0 Å². The van der Waals surface area contributed by atoms with Gasteiger partial charge in [-0.25, -0.2) is 0 Å². The Kier molecular flexibility index (Phi) is 5.44. The normalized spacial score (nSPS) is 31.3. The van der Waals surface area contributed by atoms with Crippen LogP contribution in [0.5, 0.6) is 0 Å². The molecule has 0 spiro atoms. The number of amides is 1. The largest absolute Gasteiger partial charge is 0.352 e. The van der Waals surface area contributed by atoms with Crippen molar-refractivity contribution in [1.29, 1.82) is 0 Å². The zero-order chi connectivity index (χ0) is 13.0. The summed E-state index contributed by atoms with van der Waals surface area (Å²) in [5.41, 5.74) is 5.90. The summed E-state index contributed by atoms with van der Waals surface area (Å²) in [6, 6.07) is -0.0242. The molecule has 0 heterocycles. The van der Waals surface area contributed by atoms with Crippen molar-refractivity contribution >= 4 is 5.91 Å². The van der Waals surface area contributed by atoms with E-state index >= 15 is 0 Å². The smallest absolute Gasteiger partial charge is 0.237 e. The first-order chi connectivity index (χ1) is 7.91. The van der Waals surface area contributed by atoms with Gasteiger partial charge >= 0.3 is 0 Å². The predicted octanol–water partition coefficient (Wildman–Crippen LogP) is 2.30. The van der Waals surface area contributed by atoms with Crippen LogP contribution in [0.3, 0.4) is 0 Å². The molecule has 1 saturated carbocycles. The molecule has 1 fully saturated rings. The van der Waals surface area contributed by atoms with Crippen LogP contribution >= 0.6 is 0 Å². The molecule has 100 valence electrons. The lowest BCUT2D eigenvalue weighted by Gasteiger charge is -2.35. The number of carbonyl (C=O) groups is 1. The van der Waals surface area contributed by atoms with Gasteiger partial charge in [-0.2, -0.15) is 0 Å². The number of carbonyl (C=O) groups excluding carboxylic acids is 1. The monoisotopic (exact) mass is 240 g/mol. The van der Waals surface area contributed by atoms with Gasteiger partial charge < -0.3 is 11.1 Å². The molecule has 0 aromatic rings. The van der Waals surface area contributed by atoms with Gasteiger partial charge in [0.2, 0.25) is 5.91 Å². The number of nitrogens with one attached hydrogen (secondary N) is 1. The second kappa shape index (κ2) is 6.39. The maximum atomic E-state index is 12.0. The topological polar surface area (TPSA) is 55.1 Å². The summed E-state index contributed by atoms with van der Waals surface area (Å²) in [5, 5.41) is 3.14. The Morgan fingerprint density at radius 1 is 1.35 bits per heavy atom.